The zero-order valence-corrected chi connectivity index (χ0v) is 17.9. The highest BCUT2D eigenvalue weighted by Gasteiger charge is 2.30. The van der Waals surface area contributed by atoms with Crippen LogP contribution in [0.4, 0.5) is 0 Å². The van der Waals surface area contributed by atoms with Crippen LogP contribution in [0.2, 0.25) is 5.02 Å². The number of sulfonamides is 1. The fourth-order valence-electron chi connectivity index (χ4n) is 3.49. The average molecular weight is 421 g/mol. The summed E-state index contributed by atoms with van der Waals surface area (Å²) in [5, 5.41) is 3.09. The van der Waals surface area contributed by atoms with E-state index in [4.69, 9.17) is 11.6 Å². The Morgan fingerprint density at radius 1 is 1.11 bits per heavy atom. The predicted molar refractivity (Wildman–Crippen MR) is 111 cm³/mol. The minimum absolute atomic E-state index is 0.0110. The van der Waals surface area contributed by atoms with Crippen LogP contribution in [-0.2, 0) is 10.0 Å². The molecule has 1 saturated heterocycles. The molecule has 1 aliphatic rings. The number of hydrogen-bond acceptors (Lipinski definition) is 3. The van der Waals surface area contributed by atoms with E-state index >= 15 is 0 Å². The summed E-state index contributed by atoms with van der Waals surface area (Å²) in [5.74, 6) is -0.331. The van der Waals surface area contributed by atoms with Crippen molar-refractivity contribution < 1.29 is 13.2 Å². The van der Waals surface area contributed by atoms with Crippen molar-refractivity contribution in [2.75, 3.05) is 13.1 Å². The molecule has 0 bridgehead atoms. The quantitative estimate of drug-likeness (QED) is 0.786. The van der Waals surface area contributed by atoms with Crippen LogP contribution in [0.1, 0.15) is 52.9 Å². The van der Waals surface area contributed by atoms with Crippen molar-refractivity contribution in [1.82, 2.24) is 9.62 Å². The zero-order chi connectivity index (χ0) is 20.5. The summed E-state index contributed by atoms with van der Waals surface area (Å²) >= 11 is 6.17. The molecule has 0 unspecified atom stereocenters. The normalized spacial score (nSPS) is 16.1. The van der Waals surface area contributed by atoms with E-state index in [1.807, 2.05) is 39.0 Å². The fourth-order valence-corrected chi connectivity index (χ4v) is 5.51. The van der Waals surface area contributed by atoms with Crippen LogP contribution < -0.4 is 5.32 Å². The standard InChI is InChI=1S/C21H25ClN2O3S/c1-14-6-7-15(2)18(12-14)16(3)23-21(25)17-8-9-19(22)20(13-17)28(26,27)24-10-4-5-11-24/h6-9,12-13,16H,4-5,10-11H2,1-3H3,(H,23,25)/t16-/m0/s1. The first kappa shape index (κ1) is 20.8. The molecule has 150 valence electrons. The number of nitrogens with zero attached hydrogens (tertiary/aromatic N) is 1. The van der Waals surface area contributed by atoms with Gasteiger partial charge >= 0.3 is 0 Å². The number of benzene rings is 2. The average Bonchev–Trinajstić information content (AvgIpc) is 3.19. The molecular weight excluding hydrogens is 396 g/mol. The van der Waals surface area contributed by atoms with Gasteiger partial charge in [-0.15, -0.1) is 0 Å². The van der Waals surface area contributed by atoms with Gasteiger partial charge in [-0.05, 0) is 62.9 Å². The van der Waals surface area contributed by atoms with Crippen molar-refractivity contribution in [3.8, 4) is 0 Å². The molecule has 7 heteroatoms. The van der Waals surface area contributed by atoms with Crippen LogP contribution in [0.25, 0.3) is 0 Å². The Morgan fingerprint density at radius 2 is 1.79 bits per heavy atom. The van der Waals surface area contributed by atoms with Gasteiger partial charge < -0.3 is 5.32 Å². The maximum atomic E-state index is 12.9. The summed E-state index contributed by atoms with van der Waals surface area (Å²) < 4.78 is 27.2. The highest BCUT2D eigenvalue weighted by Crippen LogP contribution is 2.28. The van der Waals surface area contributed by atoms with Gasteiger partial charge in [-0.3, -0.25) is 4.79 Å². The Balaban J connectivity index is 1.85. The zero-order valence-electron chi connectivity index (χ0n) is 16.3. The summed E-state index contributed by atoms with van der Waals surface area (Å²) in [5.41, 5.74) is 3.52. The number of aryl methyl sites for hydroxylation is 2. The molecule has 28 heavy (non-hydrogen) atoms. The first-order valence-electron chi connectivity index (χ1n) is 9.38. The highest BCUT2D eigenvalue weighted by molar-refractivity contribution is 7.89. The molecule has 1 N–H and O–H groups in total. The van der Waals surface area contributed by atoms with E-state index in [1.54, 1.807) is 6.07 Å². The fraction of sp³-hybridized carbons (Fsp3) is 0.381. The Hall–Kier alpha value is -1.89. The maximum absolute atomic E-state index is 12.9. The minimum atomic E-state index is -3.70. The van der Waals surface area contributed by atoms with Crippen molar-refractivity contribution >= 4 is 27.5 Å². The minimum Gasteiger partial charge on any atom is -0.346 e. The topological polar surface area (TPSA) is 66.5 Å². The van der Waals surface area contributed by atoms with Gasteiger partial charge in [0.2, 0.25) is 10.0 Å². The molecule has 0 spiro atoms. The van der Waals surface area contributed by atoms with Gasteiger partial charge in [0.15, 0.2) is 0 Å². The van der Waals surface area contributed by atoms with Crippen LogP contribution in [-0.4, -0.2) is 31.7 Å². The Kier molecular flexibility index (Phi) is 6.12. The number of hydrogen-bond donors (Lipinski definition) is 1. The van der Waals surface area contributed by atoms with Crippen LogP contribution in [0.15, 0.2) is 41.3 Å². The number of rotatable bonds is 5. The van der Waals surface area contributed by atoms with Crippen LogP contribution in [0, 0.1) is 13.8 Å². The lowest BCUT2D eigenvalue weighted by molar-refractivity contribution is 0.0939. The third-order valence-electron chi connectivity index (χ3n) is 5.13. The van der Waals surface area contributed by atoms with Crippen LogP contribution >= 0.6 is 11.6 Å². The molecule has 2 aromatic rings. The molecule has 0 saturated carbocycles. The molecule has 1 fully saturated rings. The monoisotopic (exact) mass is 420 g/mol. The SMILES string of the molecule is Cc1ccc(C)c([C@H](C)NC(=O)c2ccc(Cl)c(S(=O)(=O)N3CCCC3)c2)c1. The number of halogens is 1. The molecule has 1 amide bonds. The van der Waals surface area contributed by atoms with E-state index in [2.05, 4.69) is 5.32 Å². The van der Waals surface area contributed by atoms with Gasteiger partial charge in [-0.25, -0.2) is 8.42 Å². The summed E-state index contributed by atoms with van der Waals surface area (Å²) in [6.07, 6.45) is 1.68. The lowest BCUT2D eigenvalue weighted by atomic mass is 10.00. The predicted octanol–water partition coefficient (Wildman–Crippen LogP) is 4.23. The molecule has 0 radical (unpaired) electrons. The molecule has 1 aliphatic heterocycles. The van der Waals surface area contributed by atoms with E-state index in [-0.39, 0.29) is 27.4 Å². The molecule has 1 heterocycles. The number of carbonyl (C=O) groups excluding carboxylic acids is 1. The molecule has 0 aromatic heterocycles. The van der Waals surface area contributed by atoms with Crippen molar-refractivity contribution in [3.63, 3.8) is 0 Å². The summed E-state index contributed by atoms with van der Waals surface area (Å²) in [7, 11) is -3.70. The molecule has 3 rings (SSSR count). The molecule has 1 atom stereocenters. The first-order valence-corrected chi connectivity index (χ1v) is 11.2. The van der Waals surface area contributed by atoms with Gasteiger partial charge in [0, 0.05) is 18.7 Å². The number of amides is 1. The highest BCUT2D eigenvalue weighted by atomic mass is 35.5. The summed E-state index contributed by atoms with van der Waals surface area (Å²) in [6, 6.07) is 10.3. The van der Waals surface area contributed by atoms with Crippen LogP contribution in [0.3, 0.4) is 0 Å². The van der Waals surface area contributed by atoms with Gasteiger partial charge in [0.25, 0.3) is 5.91 Å². The largest absolute Gasteiger partial charge is 0.346 e. The van der Waals surface area contributed by atoms with Crippen molar-refractivity contribution in [2.45, 2.75) is 44.6 Å². The van der Waals surface area contributed by atoms with Gasteiger partial charge in [0.1, 0.15) is 4.90 Å². The molecular formula is C21H25ClN2O3S. The second kappa shape index (κ2) is 8.23. The van der Waals surface area contributed by atoms with Crippen molar-refractivity contribution in [2.24, 2.45) is 0 Å². The van der Waals surface area contributed by atoms with Gasteiger partial charge in [-0.2, -0.15) is 4.31 Å². The third kappa shape index (κ3) is 4.24. The summed E-state index contributed by atoms with van der Waals surface area (Å²) in [4.78, 5) is 12.8. The van der Waals surface area contributed by atoms with E-state index in [9.17, 15) is 13.2 Å². The Labute approximate surface area is 171 Å². The summed E-state index contributed by atoms with van der Waals surface area (Å²) in [6.45, 7) is 6.89. The second-order valence-corrected chi connectivity index (χ2v) is 9.63. The van der Waals surface area contributed by atoms with Crippen LogP contribution in [0.5, 0.6) is 0 Å². The van der Waals surface area contributed by atoms with E-state index < -0.39 is 10.0 Å². The number of nitrogens with one attached hydrogen (secondary N) is 1. The Bertz CT molecular complexity index is 999. The van der Waals surface area contributed by atoms with E-state index in [1.165, 1.54) is 16.4 Å². The second-order valence-electron chi connectivity index (χ2n) is 7.31. The third-order valence-corrected chi connectivity index (χ3v) is 7.51. The lowest BCUT2D eigenvalue weighted by Gasteiger charge is -2.19. The molecule has 0 aliphatic carbocycles. The maximum Gasteiger partial charge on any atom is 0.251 e. The Morgan fingerprint density at radius 3 is 2.46 bits per heavy atom. The van der Waals surface area contributed by atoms with Gasteiger partial charge in [-0.1, -0.05) is 35.4 Å². The smallest absolute Gasteiger partial charge is 0.251 e. The van der Waals surface area contributed by atoms with E-state index in [0.717, 1.165) is 29.5 Å². The van der Waals surface area contributed by atoms with Gasteiger partial charge in [0.05, 0.1) is 11.1 Å². The van der Waals surface area contributed by atoms with Crippen molar-refractivity contribution in [1.29, 1.82) is 0 Å². The lowest BCUT2D eigenvalue weighted by Crippen LogP contribution is -2.29. The molecule has 2 aromatic carbocycles. The first-order chi connectivity index (χ1) is 13.2. The van der Waals surface area contributed by atoms with Crippen molar-refractivity contribution in [3.05, 3.63) is 63.7 Å². The molecule has 5 nitrogen and oxygen atoms in total. The number of carbonyl (C=O) groups is 1. The van der Waals surface area contributed by atoms with E-state index in [0.29, 0.717) is 13.1 Å².